The monoisotopic (exact) mass is 321 g/mol. The molecule has 1 aliphatic rings. The zero-order valence-electron chi connectivity index (χ0n) is 14.2. The van der Waals surface area contributed by atoms with Crippen molar-refractivity contribution in [1.82, 2.24) is 4.90 Å². The molecule has 0 aromatic carbocycles. The van der Waals surface area contributed by atoms with Gasteiger partial charge >= 0.3 is 6.09 Å². The SMILES string of the molecule is COC1(OC)CCN(C(=O)OC(C)(C)C)CC1OCCCF. The third-order valence-corrected chi connectivity index (χ3v) is 3.55. The van der Waals surface area contributed by atoms with E-state index in [1.807, 2.05) is 20.8 Å². The van der Waals surface area contributed by atoms with Crippen molar-refractivity contribution in [1.29, 1.82) is 0 Å². The molecule has 1 heterocycles. The molecule has 0 saturated carbocycles. The number of hydrogen-bond donors (Lipinski definition) is 0. The molecule has 0 N–H and O–H groups in total. The maximum atomic E-state index is 12.3. The summed E-state index contributed by atoms with van der Waals surface area (Å²) >= 11 is 0. The average Bonchev–Trinajstić information content (AvgIpc) is 2.46. The Morgan fingerprint density at radius 3 is 2.45 bits per heavy atom. The number of methoxy groups -OCH3 is 2. The third kappa shape index (κ3) is 5.07. The number of carbonyl (C=O) groups is 1. The number of carbonyl (C=O) groups excluding carboxylic acids is 1. The molecule has 0 aromatic rings. The van der Waals surface area contributed by atoms with E-state index in [4.69, 9.17) is 18.9 Å². The largest absolute Gasteiger partial charge is 0.444 e. The molecule has 7 heteroatoms. The van der Waals surface area contributed by atoms with Crippen LogP contribution in [0.3, 0.4) is 0 Å². The van der Waals surface area contributed by atoms with E-state index in [9.17, 15) is 9.18 Å². The molecular weight excluding hydrogens is 293 g/mol. The number of amides is 1. The highest BCUT2D eigenvalue weighted by Crippen LogP contribution is 2.30. The average molecular weight is 321 g/mol. The number of halogens is 1. The van der Waals surface area contributed by atoms with Crippen molar-refractivity contribution in [3.05, 3.63) is 0 Å². The van der Waals surface area contributed by atoms with Crippen LogP contribution in [0, 0.1) is 0 Å². The van der Waals surface area contributed by atoms with Crippen LogP contribution in [-0.4, -0.2) is 69.1 Å². The van der Waals surface area contributed by atoms with E-state index in [0.29, 0.717) is 19.4 Å². The Hall–Kier alpha value is -0.920. The molecular formula is C15H28FNO5. The molecule has 1 saturated heterocycles. The molecule has 1 fully saturated rings. The van der Waals surface area contributed by atoms with Gasteiger partial charge in [-0.1, -0.05) is 0 Å². The van der Waals surface area contributed by atoms with Crippen molar-refractivity contribution in [3.63, 3.8) is 0 Å². The Labute approximate surface area is 131 Å². The minimum atomic E-state index is -0.922. The van der Waals surface area contributed by atoms with Crippen molar-refractivity contribution < 1.29 is 28.1 Å². The van der Waals surface area contributed by atoms with Gasteiger partial charge in [-0.05, 0) is 27.2 Å². The first-order valence-corrected chi connectivity index (χ1v) is 7.54. The molecule has 1 atom stereocenters. The number of rotatable bonds is 6. The van der Waals surface area contributed by atoms with E-state index in [-0.39, 0.29) is 13.2 Å². The van der Waals surface area contributed by atoms with Crippen LogP contribution < -0.4 is 0 Å². The van der Waals surface area contributed by atoms with Gasteiger partial charge in [-0.3, -0.25) is 4.39 Å². The van der Waals surface area contributed by atoms with Crippen molar-refractivity contribution in [2.75, 3.05) is 40.6 Å². The highest BCUT2D eigenvalue weighted by atomic mass is 19.1. The molecule has 6 nitrogen and oxygen atoms in total. The van der Waals surface area contributed by atoms with Crippen LogP contribution in [0.15, 0.2) is 0 Å². The lowest BCUT2D eigenvalue weighted by Crippen LogP contribution is -2.60. The summed E-state index contributed by atoms with van der Waals surface area (Å²) in [6, 6.07) is 0. The predicted molar refractivity (Wildman–Crippen MR) is 79.5 cm³/mol. The summed E-state index contributed by atoms with van der Waals surface area (Å²) in [5.74, 6) is -0.922. The molecule has 1 amide bonds. The summed E-state index contributed by atoms with van der Waals surface area (Å²) in [6.45, 7) is 5.98. The second-order valence-corrected chi connectivity index (χ2v) is 6.30. The second-order valence-electron chi connectivity index (χ2n) is 6.30. The smallest absolute Gasteiger partial charge is 0.410 e. The zero-order valence-corrected chi connectivity index (χ0v) is 14.2. The van der Waals surface area contributed by atoms with Crippen LogP contribution in [0.25, 0.3) is 0 Å². The fourth-order valence-electron chi connectivity index (χ4n) is 2.38. The summed E-state index contributed by atoms with van der Waals surface area (Å²) < 4.78 is 34.3. The van der Waals surface area contributed by atoms with E-state index in [2.05, 4.69) is 0 Å². The standard InChI is InChI=1S/C15H28FNO5/c1-14(2,3)22-13(18)17-9-7-15(19-4,20-5)12(11-17)21-10-6-8-16/h12H,6-11H2,1-5H3. The number of likely N-dealkylation sites (tertiary alicyclic amines) is 1. The second kappa shape index (κ2) is 8.08. The first-order valence-electron chi connectivity index (χ1n) is 7.54. The van der Waals surface area contributed by atoms with E-state index in [0.717, 1.165) is 0 Å². The van der Waals surface area contributed by atoms with Gasteiger partial charge in [0, 0.05) is 33.8 Å². The number of piperidine rings is 1. The Bertz CT molecular complexity index is 354. The van der Waals surface area contributed by atoms with Gasteiger partial charge in [0.15, 0.2) is 5.79 Å². The lowest BCUT2D eigenvalue weighted by atomic mass is 10.00. The van der Waals surface area contributed by atoms with Crippen molar-refractivity contribution in [3.8, 4) is 0 Å². The van der Waals surface area contributed by atoms with Gasteiger partial charge in [0.05, 0.1) is 13.2 Å². The van der Waals surface area contributed by atoms with Gasteiger partial charge in [0.25, 0.3) is 0 Å². The van der Waals surface area contributed by atoms with Gasteiger partial charge in [-0.25, -0.2) is 4.79 Å². The fraction of sp³-hybridized carbons (Fsp3) is 0.933. The van der Waals surface area contributed by atoms with Gasteiger partial charge < -0.3 is 23.8 Å². The number of alkyl halides is 1. The summed E-state index contributed by atoms with van der Waals surface area (Å²) in [5.41, 5.74) is -0.557. The summed E-state index contributed by atoms with van der Waals surface area (Å²) in [5, 5.41) is 0. The summed E-state index contributed by atoms with van der Waals surface area (Å²) in [7, 11) is 3.08. The Morgan fingerprint density at radius 1 is 1.32 bits per heavy atom. The zero-order chi connectivity index (χ0) is 16.8. The van der Waals surface area contributed by atoms with Crippen LogP contribution >= 0.6 is 0 Å². The topological polar surface area (TPSA) is 57.2 Å². The van der Waals surface area contributed by atoms with Gasteiger partial charge in [-0.2, -0.15) is 0 Å². The number of hydrogen-bond acceptors (Lipinski definition) is 5. The van der Waals surface area contributed by atoms with Gasteiger partial charge in [0.2, 0.25) is 0 Å². The van der Waals surface area contributed by atoms with Crippen LogP contribution in [-0.2, 0) is 18.9 Å². The van der Waals surface area contributed by atoms with E-state index < -0.39 is 30.3 Å². The van der Waals surface area contributed by atoms with E-state index in [1.54, 1.807) is 4.90 Å². The van der Waals surface area contributed by atoms with Crippen molar-refractivity contribution >= 4 is 6.09 Å². The van der Waals surface area contributed by atoms with Crippen molar-refractivity contribution in [2.24, 2.45) is 0 Å². The van der Waals surface area contributed by atoms with Crippen LogP contribution in [0.2, 0.25) is 0 Å². The Balaban J connectivity index is 2.74. The molecule has 1 unspecified atom stereocenters. The Morgan fingerprint density at radius 2 is 1.95 bits per heavy atom. The van der Waals surface area contributed by atoms with Gasteiger partial charge in [0.1, 0.15) is 11.7 Å². The fourth-order valence-corrected chi connectivity index (χ4v) is 2.38. The highest BCUT2D eigenvalue weighted by Gasteiger charge is 2.46. The maximum Gasteiger partial charge on any atom is 0.410 e. The molecule has 0 aromatic heterocycles. The Kier molecular flexibility index (Phi) is 7.02. The van der Waals surface area contributed by atoms with Crippen LogP contribution in [0.1, 0.15) is 33.6 Å². The molecule has 1 aliphatic heterocycles. The minimum absolute atomic E-state index is 0.248. The molecule has 0 bridgehead atoms. The van der Waals surface area contributed by atoms with Gasteiger partial charge in [-0.15, -0.1) is 0 Å². The van der Waals surface area contributed by atoms with Crippen molar-refractivity contribution in [2.45, 2.75) is 51.1 Å². The lowest BCUT2D eigenvalue weighted by molar-refractivity contribution is -0.287. The number of nitrogens with zero attached hydrogens (tertiary/aromatic N) is 1. The normalized spacial score (nSPS) is 21.7. The van der Waals surface area contributed by atoms with E-state index in [1.165, 1.54) is 14.2 Å². The molecule has 0 radical (unpaired) electrons. The quantitative estimate of drug-likeness (QED) is 0.555. The van der Waals surface area contributed by atoms with Crippen LogP contribution in [0.4, 0.5) is 9.18 Å². The first kappa shape index (κ1) is 19.1. The van der Waals surface area contributed by atoms with Crippen LogP contribution in [0.5, 0.6) is 0 Å². The molecule has 1 rings (SSSR count). The lowest BCUT2D eigenvalue weighted by Gasteiger charge is -2.45. The minimum Gasteiger partial charge on any atom is -0.444 e. The third-order valence-electron chi connectivity index (χ3n) is 3.55. The predicted octanol–water partition coefficient (Wildman–Crippen LogP) is 2.36. The molecule has 130 valence electrons. The van der Waals surface area contributed by atoms with E-state index >= 15 is 0 Å². The molecule has 0 spiro atoms. The molecule has 22 heavy (non-hydrogen) atoms. The maximum absolute atomic E-state index is 12.3. The summed E-state index contributed by atoms with van der Waals surface area (Å²) in [4.78, 5) is 13.8. The highest BCUT2D eigenvalue weighted by molar-refractivity contribution is 5.68. The first-order chi connectivity index (χ1) is 10.3. The summed E-state index contributed by atoms with van der Waals surface area (Å²) in [6.07, 6.45) is -0.130. The molecule has 0 aliphatic carbocycles. The number of ether oxygens (including phenoxy) is 4.